The molecule has 24 nitrogen and oxygen atoms in total. The molecule has 3 unspecified atom stereocenters. The molecule has 0 bridgehead atoms. The largest absolute Gasteiger partial charge is 0.394 e. The van der Waals surface area contributed by atoms with Gasteiger partial charge in [-0.05, 0) is 130 Å². The van der Waals surface area contributed by atoms with Crippen molar-refractivity contribution in [1.29, 1.82) is 5.26 Å². The number of amides is 1. The maximum atomic E-state index is 13.3. The molecule has 2 aliphatic heterocycles. The normalized spacial score (nSPS) is 15.7. The molecule has 2 aromatic carbocycles. The van der Waals surface area contributed by atoms with E-state index in [2.05, 4.69) is 132 Å². The molecule has 16 N–H and O–H groups in total. The summed E-state index contributed by atoms with van der Waals surface area (Å²) >= 11 is 9.50. The van der Waals surface area contributed by atoms with Crippen LogP contribution < -0.4 is 49.9 Å². The van der Waals surface area contributed by atoms with Crippen LogP contribution >= 0.6 is 60.2 Å². The predicted molar refractivity (Wildman–Crippen MR) is 347 cm³/mol. The van der Waals surface area contributed by atoms with Crippen LogP contribution in [0.3, 0.4) is 0 Å². The van der Waals surface area contributed by atoms with Crippen molar-refractivity contribution in [3.05, 3.63) is 121 Å². The van der Waals surface area contributed by atoms with Gasteiger partial charge in [0.1, 0.15) is 37.6 Å². The number of anilines is 6. The Balaban J connectivity index is 0.000000452. The van der Waals surface area contributed by atoms with Gasteiger partial charge in [-0.2, -0.15) is 5.26 Å². The molecule has 4 atom stereocenters. The minimum Gasteiger partial charge on any atom is -0.394 e. The van der Waals surface area contributed by atoms with E-state index in [0.717, 1.165) is 35.1 Å². The van der Waals surface area contributed by atoms with Gasteiger partial charge in [-0.25, -0.2) is 39.3 Å². The molecule has 2 fully saturated rings. The number of aliphatic hydroxyl groups is 2. The number of halogens is 5. The molecular formula is C57H82Br3ClFN17O7. The summed E-state index contributed by atoms with van der Waals surface area (Å²) in [5, 5.41) is 39.9. The van der Waals surface area contributed by atoms with Crippen molar-refractivity contribution < 1.29 is 38.3 Å². The molecule has 472 valence electrons. The fourth-order valence-corrected chi connectivity index (χ4v) is 7.78. The van der Waals surface area contributed by atoms with E-state index >= 15 is 0 Å². The van der Waals surface area contributed by atoms with Gasteiger partial charge in [0, 0.05) is 37.9 Å². The summed E-state index contributed by atoms with van der Waals surface area (Å²) in [6.45, 7) is 23.3. The van der Waals surface area contributed by atoms with E-state index in [1.165, 1.54) is 30.6 Å². The van der Waals surface area contributed by atoms with Crippen LogP contribution in [0.2, 0.25) is 0 Å². The number of aromatic nitrogens is 7. The van der Waals surface area contributed by atoms with E-state index in [1.807, 2.05) is 65.0 Å². The van der Waals surface area contributed by atoms with Crippen LogP contribution in [-0.4, -0.2) is 127 Å². The predicted octanol–water partition coefficient (Wildman–Crippen LogP) is 8.75. The summed E-state index contributed by atoms with van der Waals surface area (Å²) in [4.78, 5) is 41.9. The minimum atomic E-state index is -0.956. The first-order valence-corrected chi connectivity index (χ1v) is 29.4. The molecule has 29 heteroatoms. The van der Waals surface area contributed by atoms with Crippen molar-refractivity contribution in [2.75, 3.05) is 79.2 Å². The maximum Gasteiger partial charge on any atom is 0.255 e. The molecule has 8 rings (SSSR count). The van der Waals surface area contributed by atoms with E-state index < -0.39 is 36.2 Å². The SMILES string of the molecule is CC(C)C(C)C.CC1(C)OCC(CN)O1.CC1(C)OCC(CNc2nc(Br)cnc2N)O1.CCN.C[C@H](NC(=O)c1cc(C#N)cnc1NCc1ccc(-c2cnc(N)c(NCC(O)CO)n2)cc1)c1ccc(F)cc1.Cl.Nc1ncc(Br)nc1Br. The molecule has 0 aliphatic carbocycles. The number of carbonyl (C=O) groups excluding carboxylic acids is 1. The zero-order valence-electron chi connectivity index (χ0n) is 49.9. The molecular weight excluding hydrogens is 1330 g/mol. The Labute approximate surface area is 534 Å². The van der Waals surface area contributed by atoms with Crippen molar-refractivity contribution in [3.63, 3.8) is 0 Å². The number of hydrogen-bond donors (Lipinski definition) is 11. The lowest BCUT2D eigenvalue weighted by atomic mass is 10.0. The Morgan fingerprint density at radius 1 is 0.756 bits per heavy atom. The number of nitriles is 1. The summed E-state index contributed by atoms with van der Waals surface area (Å²) in [6.07, 6.45) is 5.15. The lowest BCUT2D eigenvalue weighted by Gasteiger charge is -2.17. The summed E-state index contributed by atoms with van der Waals surface area (Å²) < 4.78 is 36.9. The number of hydrogen-bond acceptors (Lipinski definition) is 23. The zero-order chi connectivity index (χ0) is 63.4. The standard InChI is InChI=1S/C29H29FN8O3.C10H15BrN4O2.C6H13NO2.C6H14.C4H3Br2N3.C2H7N.ClH/c1-17(20-6-8-22(30)9-7-20)37-29(41)24-10-19(11-31)13-35-27(24)34-12-18-2-4-21(5-3-18)25-15-33-26(32)28(38-25)36-14-23(40)16-39;1-10(2)16-5-6(17-10)3-14-9-8(12)13-4-7(11)15-9;1-6(2)8-4-5(3-7)9-6;1-5(2)6(3)4;5-2-1-8-4(7)3(6)9-2;1-2-3;/h2-10,13,15,17,23,39-40H,12,14,16H2,1H3,(H2,32,33)(H,34,35)(H,36,38)(H,37,41);4,6H,3,5H2,1-2H3,(H2,12,13)(H,14,15);5H,3-4,7H2,1-2H3;5-6H,1-4H3;1H,(H2,7,8);2-3H2,1H3;1H/t17-,23?;;;;;;/m0....../s1. The van der Waals surface area contributed by atoms with Gasteiger partial charge in [-0.1, -0.05) is 71.0 Å². The molecule has 0 spiro atoms. The number of nitrogen functional groups attached to an aromatic ring is 3. The molecule has 6 aromatic rings. The number of benzene rings is 2. The third kappa shape index (κ3) is 27.7. The summed E-state index contributed by atoms with van der Waals surface area (Å²) in [7, 11) is 0. The molecule has 86 heavy (non-hydrogen) atoms. The van der Waals surface area contributed by atoms with Gasteiger partial charge < -0.3 is 79.1 Å². The second-order valence-corrected chi connectivity index (χ2v) is 22.8. The molecule has 1 amide bonds. The lowest BCUT2D eigenvalue weighted by Crippen LogP contribution is -2.28. The van der Waals surface area contributed by atoms with Gasteiger partial charge in [-0.15, -0.1) is 12.4 Å². The number of aliphatic hydroxyl groups excluding tert-OH is 2. The zero-order valence-corrected chi connectivity index (χ0v) is 55.5. The third-order valence-electron chi connectivity index (χ3n) is 11.9. The second-order valence-electron chi connectivity index (χ2n) is 20.4. The van der Waals surface area contributed by atoms with Gasteiger partial charge in [0.25, 0.3) is 5.91 Å². The molecule has 2 saturated heterocycles. The molecule has 6 heterocycles. The Morgan fingerprint density at radius 2 is 1.29 bits per heavy atom. The Bertz CT molecular complexity index is 3020. The Kier molecular flexibility index (Phi) is 33.8. The maximum absolute atomic E-state index is 13.3. The van der Waals surface area contributed by atoms with E-state index in [0.29, 0.717) is 81.4 Å². The highest BCUT2D eigenvalue weighted by Crippen LogP contribution is 2.26. The number of pyridine rings is 1. The first-order valence-electron chi connectivity index (χ1n) is 27.1. The van der Waals surface area contributed by atoms with Crippen LogP contribution in [0, 0.1) is 29.0 Å². The van der Waals surface area contributed by atoms with Crippen LogP contribution in [0.4, 0.5) is 39.3 Å². The fourth-order valence-electron chi connectivity index (χ4n) is 6.69. The van der Waals surface area contributed by atoms with Crippen molar-refractivity contribution >= 4 is 101 Å². The van der Waals surface area contributed by atoms with Crippen molar-refractivity contribution in [2.45, 2.75) is 112 Å². The van der Waals surface area contributed by atoms with E-state index in [-0.39, 0.29) is 53.9 Å². The second kappa shape index (κ2) is 38.3. The third-order valence-corrected chi connectivity index (χ3v) is 13.3. The number of carbonyl (C=O) groups is 1. The molecule has 0 saturated carbocycles. The van der Waals surface area contributed by atoms with Gasteiger partial charge in [0.2, 0.25) is 0 Å². The highest BCUT2D eigenvalue weighted by atomic mass is 79.9. The molecule has 2 aliphatic rings. The first-order chi connectivity index (χ1) is 40.1. The summed E-state index contributed by atoms with van der Waals surface area (Å²) in [5.74, 6) is 2.08. The number of rotatable bonds is 16. The van der Waals surface area contributed by atoms with Gasteiger partial charge in [-0.3, -0.25) is 4.79 Å². The van der Waals surface area contributed by atoms with Crippen LogP contribution in [0.25, 0.3) is 11.3 Å². The number of nitrogens with one attached hydrogen (secondary N) is 4. The summed E-state index contributed by atoms with van der Waals surface area (Å²) in [5.41, 5.74) is 30.5. The topological polar surface area (TPSA) is 387 Å². The Hall–Kier alpha value is -6.07. The average Bonchev–Trinajstić information content (AvgIpc) is 4.09. The van der Waals surface area contributed by atoms with Gasteiger partial charge in [0.15, 0.2) is 40.7 Å². The van der Waals surface area contributed by atoms with Crippen molar-refractivity contribution in [3.8, 4) is 17.3 Å². The quantitative estimate of drug-likeness (QED) is 0.0431. The molecule has 0 radical (unpaired) electrons. The first kappa shape index (κ1) is 76.0. The average molecular weight is 1410 g/mol. The highest BCUT2D eigenvalue weighted by molar-refractivity contribution is 9.11. The van der Waals surface area contributed by atoms with Crippen LogP contribution in [0.15, 0.2) is 93.2 Å². The van der Waals surface area contributed by atoms with E-state index in [9.17, 15) is 19.6 Å². The Morgan fingerprint density at radius 3 is 1.78 bits per heavy atom. The van der Waals surface area contributed by atoms with Crippen LogP contribution in [-0.2, 0) is 25.5 Å². The van der Waals surface area contributed by atoms with Crippen LogP contribution in [0.1, 0.15) is 102 Å². The van der Waals surface area contributed by atoms with Gasteiger partial charge >= 0.3 is 0 Å². The number of nitrogens with two attached hydrogens (primary N) is 5. The minimum absolute atomic E-state index is 0. The van der Waals surface area contributed by atoms with Gasteiger partial charge in [0.05, 0.1) is 73.5 Å². The monoisotopic (exact) mass is 1410 g/mol. The van der Waals surface area contributed by atoms with Crippen molar-refractivity contribution in [2.24, 2.45) is 23.3 Å². The number of nitrogens with zero attached hydrogens (tertiary/aromatic N) is 8. The fraction of sp³-hybridized carbons (Fsp3) is 0.456. The van der Waals surface area contributed by atoms with Crippen molar-refractivity contribution in [1.82, 2.24) is 40.2 Å². The van der Waals surface area contributed by atoms with E-state index in [1.54, 1.807) is 31.5 Å². The smallest absolute Gasteiger partial charge is 0.255 e. The van der Waals surface area contributed by atoms with Crippen LogP contribution in [0.5, 0.6) is 0 Å². The lowest BCUT2D eigenvalue weighted by molar-refractivity contribution is -0.137. The number of ether oxygens (including phenoxy) is 4. The van der Waals surface area contributed by atoms with E-state index in [4.69, 9.17) is 52.7 Å². The molecule has 4 aromatic heterocycles. The highest BCUT2D eigenvalue weighted by Gasteiger charge is 2.33. The summed E-state index contributed by atoms with van der Waals surface area (Å²) in [6, 6.07) is 16.4.